The Morgan fingerprint density at radius 3 is 2.54 bits per heavy atom. The molecule has 0 radical (unpaired) electrons. The van der Waals surface area contributed by atoms with Gasteiger partial charge in [0, 0.05) is 25.2 Å². The molecule has 0 atom stereocenters. The molecular weight excluding hydrogens is 365 g/mol. The van der Waals surface area contributed by atoms with Crippen molar-refractivity contribution in [1.29, 1.82) is 0 Å². The number of nitrogens with zero attached hydrogens (tertiary/aromatic N) is 2. The van der Waals surface area contributed by atoms with E-state index in [0.717, 1.165) is 5.56 Å². The van der Waals surface area contributed by atoms with Gasteiger partial charge < -0.3 is 20.1 Å². The van der Waals surface area contributed by atoms with Crippen LogP contribution in [0, 0.1) is 5.82 Å². The van der Waals surface area contributed by atoms with E-state index in [-0.39, 0.29) is 32.2 Å². The van der Waals surface area contributed by atoms with Crippen LogP contribution < -0.4 is 20.1 Å². The van der Waals surface area contributed by atoms with Crippen molar-refractivity contribution in [3.63, 3.8) is 0 Å². The van der Waals surface area contributed by atoms with Gasteiger partial charge in [-0.25, -0.2) is 4.39 Å². The molecule has 2 N–H and O–H groups in total. The highest BCUT2D eigenvalue weighted by Crippen LogP contribution is 2.32. The lowest BCUT2D eigenvalue weighted by Gasteiger charge is -2.25. The predicted octanol–water partition coefficient (Wildman–Crippen LogP) is 1.89. The highest BCUT2D eigenvalue weighted by atomic mass is 19.1. The van der Waals surface area contributed by atoms with E-state index in [1.54, 1.807) is 0 Å². The molecule has 148 valence electrons. The van der Waals surface area contributed by atoms with Crippen LogP contribution in [-0.4, -0.2) is 43.6 Å². The maximum atomic E-state index is 13.2. The Bertz CT molecular complexity index is 857. The van der Waals surface area contributed by atoms with Crippen molar-refractivity contribution in [1.82, 2.24) is 4.90 Å². The van der Waals surface area contributed by atoms with Crippen molar-refractivity contribution in [2.24, 2.45) is 5.73 Å². The number of ether oxygens (including phenoxy) is 2. The van der Waals surface area contributed by atoms with Gasteiger partial charge in [0.1, 0.15) is 5.82 Å². The summed E-state index contributed by atoms with van der Waals surface area (Å²) in [5.41, 5.74) is 6.72. The van der Waals surface area contributed by atoms with Crippen LogP contribution in [0.5, 0.6) is 11.5 Å². The second-order valence-electron chi connectivity index (χ2n) is 6.60. The number of halogens is 1. The van der Waals surface area contributed by atoms with Crippen LogP contribution in [0.2, 0.25) is 0 Å². The summed E-state index contributed by atoms with van der Waals surface area (Å²) in [6.45, 7) is 0.983. The van der Waals surface area contributed by atoms with E-state index < -0.39 is 11.7 Å². The summed E-state index contributed by atoms with van der Waals surface area (Å²) in [5, 5.41) is 0. The number of anilines is 1. The number of hydrogen-bond donors (Lipinski definition) is 1. The van der Waals surface area contributed by atoms with E-state index in [9.17, 15) is 14.0 Å². The Kier molecular flexibility index (Phi) is 6.10. The second kappa shape index (κ2) is 8.71. The second-order valence-corrected chi connectivity index (χ2v) is 6.60. The van der Waals surface area contributed by atoms with Gasteiger partial charge in [-0.1, -0.05) is 6.07 Å². The van der Waals surface area contributed by atoms with Crippen molar-refractivity contribution >= 4 is 17.5 Å². The summed E-state index contributed by atoms with van der Waals surface area (Å²) in [6, 6.07) is 11.2. The lowest BCUT2D eigenvalue weighted by atomic mass is 10.2. The number of carbonyl (C=O) groups excluding carboxylic acids is 2. The Morgan fingerprint density at radius 2 is 1.82 bits per heavy atom. The summed E-state index contributed by atoms with van der Waals surface area (Å²) in [7, 11) is 1.82. The molecular formula is C20H22FN3O4. The minimum absolute atomic E-state index is 0.0228. The number of likely N-dealkylation sites (N-methyl/N-ethyl adjacent to an activating group) is 1. The summed E-state index contributed by atoms with van der Waals surface area (Å²) < 4.78 is 23.9. The van der Waals surface area contributed by atoms with Gasteiger partial charge >= 0.3 is 0 Å². The molecule has 0 bridgehead atoms. The minimum Gasteiger partial charge on any atom is -0.454 e. The van der Waals surface area contributed by atoms with Gasteiger partial charge in [-0.2, -0.15) is 0 Å². The number of hydrogen-bond acceptors (Lipinski definition) is 5. The van der Waals surface area contributed by atoms with Gasteiger partial charge in [-0.15, -0.1) is 0 Å². The molecule has 0 aliphatic carbocycles. The molecule has 0 spiro atoms. The lowest BCUT2D eigenvalue weighted by molar-refractivity contribution is -0.120. The molecule has 3 rings (SSSR count). The Balaban J connectivity index is 1.66. The number of rotatable bonds is 8. The van der Waals surface area contributed by atoms with Gasteiger partial charge in [0.25, 0.3) is 0 Å². The monoisotopic (exact) mass is 387 g/mol. The fourth-order valence-corrected chi connectivity index (χ4v) is 2.96. The van der Waals surface area contributed by atoms with E-state index >= 15 is 0 Å². The minimum atomic E-state index is -0.506. The van der Waals surface area contributed by atoms with Crippen molar-refractivity contribution in [3.8, 4) is 11.5 Å². The first-order chi connectivity index (χ1) is 13.4. The summed E-state index contributed by atoms with van der Waals surface area (Å²) in [4.78, 5) is 27.3. The molecule has 0 saturated heterocycles. The van der Waals surface area contributed by atoms with Gasteiger partial charge in [-0.3, -0.25) is 14.5 Å². The SMILES string of the molecule is CN(CC(=O)N(CCC(N)=O)c1ccc(F)cc1)Cc1ccc2c(c1)OCO2. The molecule has 0 unspecified atom stereocenters. The highest BCUT2D eigenvalue weighted by molar-refractivity contribution is 5.95. The zero-order chi connectivity index (χ0) is 20.1. The van der Waals surface area contributed by atoms with Crippen LogP contribution in [-0.2, 0) is 16.1 Å². The number of fused-ring (bicyclic) bond motifs is 1. The first-order valence-corrected chi connectivity index (χ1v) is 8.83. The number of amides is 2. The van der Waals surface area contributed by atoms with Crippen molar-refractivity contribution in [2.45, 2.75) is 13.0 Å². The average molecular weight is 387 g/mol. The number of nitrogens with two attached hydrogens (primary N) is 1. The van der Waals surface area contributed by atoms with Gasteiger partial charge in [0.15, 0.2) is 11.5 Å². The van der Waals surface area contributed by atoms with Crippen LogP contribution in [0.15, 0.2) is 42.5 Å². The van der Waals surface area contributed by atoms with Gasteiger partial charge in [-0.05, 0) is 49.0 Å². The molecule has 2 amide bonds. The number of carbonyl (C=O) groups is 2. The van der Waals surface area contributed by atoms with Crippen LogP contribution in [0.1, 0.15) is 12.0 Å². The molecule has 8 heteroatoms. The lowest BCUT2D eigenvalue weighted by Crippen LogP contribution is -2.40. The third-order valence-electron chi connectivity index (χ3n) is 4.32. The molecule has 28 heavy (non-hydrogen) atoms. The topological polar surface area (TPSA) is 85.1 Å². The molecule has 1 heterocycles. The quantitative estimate of drug-likeness (QED) is 0.748. The van der Waals surface area contributed by atoms with E-state index in [4.69, 9.17) is 15.2 Å². The normalized spacial score (nSPS) is 12.2. The molecule has 1 aliphatic rings. The van der Waals surface area contributed by atoms with Crippen LogP contribution in [0.4, 0.5) is 10.1 Å². The Hall–Kier alpha value is -3.13. The predicted molar refractivity (Wildman–Crippen MR) is 101 cm³/mol. The standard InChI is InChI=1S/C20H22FN3O4/c1-23(11-14-2-7-17-18(10-14)28-13-27-17)12-20(26)24(9-8-19(22)25)16-5-3-15(21)4-6-16/h2-7,10H,8-9,11-13H2,1H3,(H2,22,25). The number of benzene rings is 2. The maximum absolute atomic E-state index is 13.2. The number of primary amides is 1. The van der Waals surface area contributed by atoms with Gasteiger partial charge in [0.05, 0.1) is 6.54 Å². The fourth-order valence-electron chi connectivity index (χ4n) is 2.96. The van der Waals surface area contributed by atoms with Crippen molar-refractivity contribution in [3.05, 3.63) is 53.8 Å². The third kappa shape index (κ3) is 4.98. The van der Waals surface area contributed by atoms with Crippen molar-refractivity contribution < 1.29 is 23.5 Å². The smallest absolute Gasteiger partial charge is 0.241 e. The Labute approximate surface area is 162 Å². The first kappa shape index (κ1) is 19.6. The van der Waals surface area contributed by atoms with Crippen LogP contribution >= 0.6 is 0 Å². The summed E-state index contributed by atoms with van der Waals surface area (Å²) in [6.07, 6.45) is 0.0228. The zero-order valence-electron chi connectivity index (χ0n) is 15.6. The van der Waals surface area contributed by atoms with E-state index in [2.05, 4.69) is 0 Å². The molecule has 0 fully saturated rings. The average Bonchev–Trinajstić information content (AvgIpc) is 3.10. The summed E-state index contributed by atoms with van der Waals surface area (Å²) >= 11 is 0. The zero-order valence-corrected chi connectivity index (χ0v) is 15.6. The summed E-state index contributed by atoms with van der Waals surface area (Å²) in [5.74, 6) is 0.277. The van der Waals surface area contributed by atoms with Crippen LogP contribution in [0.25, 0.3) is 0 Å². The molecule has 2 aromatic carbocycles. The largest absolute Gasteiger partial charge is 0.454 e. The highest BCUT2D eigenvalue weighted by Gasteiger charge is 2.19. The third-order valence-corrected chi connectivity index (χ3v) is 4.32. The van der Waals surface area contributed by atoms with E-state index in [1.165, 1.54) is 29.2 Å². The Morgan fingerprint density at radius 1 is 1.11 bits per heavy atom. The van der Waals surface area contributed by atoms with E-state index in [1.807, 2.05) is 30.1 Å². The van der Waals surface area contributed by atoms with E-state index in [0.29, 0.717) is 23.7 Å². The molecule has 0 aromatic heterocycles. The maximum Gasteiger partial charge on any atom is 0.241 e. The first-order valence-electron chi connectivity index (χ1n) is 8.83. The molecule has 2 aromatic rings. The van der Waals surface area contributed by atoms with Crippen molar-refractivity contribution in [2.75, 3.05) is 31.8 Å². The van der Waals surface area contributed by atoms with Gasteiger partial charge in [0.2, 0.25) is 18.6 Å². The molecule has 1 aliphatic heterocycles. The molecule has 7 nitrogen and oxygen atoms in total. The van der Waals surface area contributed by atoms with Crippen LogP contribution in [0.3, 0.4) is 0 Å². The molecule has 0 saturated carbocycles. The fraction of sp³-hybridized carbons (Fsp3) is 0.300.